The summed E-state index contributed by atoms with van der Waals surface area (Å²) in [5.74, 6) is -0.966. The average Bonchev–Trinajstić information content (AvgIpc) is 2.16. The molecule has 14 heavy (non-hydrogen) atoms. The smallest absolute Gasteiger partial charge is 0.321 e. The van der Waals surface area contributed by atoms with E-state index < -0.39 is 12.0 Å². The van der Waals surface area contributed by atoms with Crippen molar-refractivity contribution in [2.45, 2.75) is 6.04 Å². The molecular weight excluding hydrogens is 184 g/mol. The van der Waals surface area contributed by atoms with Gasteiger partial charge in [-0.15, -0.1) is 0 Å². The molecule has 0 spiro atoms. The fourth-order valence-corrected chi connectivity index (χ4v) is 1.28. The molecule has 0 aromatic heterocycles. The summed E-state index contributed by atoms with van der Waals surface area (Å²) in [6.45, 7) is 4.09. The number of hydrogen-bond donors (Lipinski definition) is 3. The van der Waals surface area contributed by atoms with Crippen LogP contribution in [0.3, 0.4) is 0 Å². The molecule has 82 valence electrons. The predicted molar refractivity (Wildman–Crippen MR) is 52.7 cm³/mol. The SMILES string of the molecule is CN1CCN(NCC(N)C(=O)O)CC1. The molecule has 1 aliphatic heterocycles. The number of nitrogens with one attached hydrogen (secondary N) is 1. The summed E-state index contributed by atoms with van der Waals surface area (Å²) in [5, 5.41) is 10.6. The monoisotopic (exact) mass is 202 g/mol. The first-order valence-electron chi connectivity index (χ1n) is 4.75. The summed E-state index contributed by atoms with van der Waals surface area (Å²) < 4.78 is 0. The number of piperazine rings is 1. The third-order valence-electron chi connectivity index (χ3n) is 2.36. The molecule has 1 atom stereocenters. The van der Waals surface area contributed by atoms with Gasteiger partial charge in [-0.1, -0.05) is 0 Å². The maximum atomic E-state index is 10.4. The molecule has 0 radical (unpaired) electrons. The van der Waals surface area contributed by atoms with Gasteiger partial charge in [-0.25, -0.2) is 5.01 Å². The highest BCUT2D eigenvalue weighted by molar-refractivity contribution is 5.73. The molecule has 0 saturated carbocycles. The van der Waals surface area contributed by atoms with Gasteiger partial charge in [0.15, 0.2) is 0 Å². The molecule has 0 amide bonds. The summed E-state index contributed by atoms with van der Waals surface area (Å²) in [7, 11) is 2.07. The maximum absolute atomic E-state index is 10.4. The Balaban J connectivity index is 2.16. The van der Waals surface area contributed by atoms with E-state index in [1.54, 1.807) is 0 Å². The van der Waals surface area contributed by atoms with Crippen molar-refractivity contribution in [3.8, 4) is 0 Å². The number of hydrogen-bond acceptors (Lipinski definition) is 5. The minimum atomic E-state index is -0.966. The number of likely N-dealkylation sites (N-methyl/N-ethyl adjacent to an activating group) is 1. The van der Waals surface area contributed by atoms with Crippen LogP contribution in [0.25, 0.3) is 0 Å². The molecule has 1 heterocycles. The Morgan fingerprint density at radius 3 is 2.57 bits per heavy atom. The zero-order valence-electron chi connectivity index (χ0n) is 8.44. The Kier molecular flexibility index (Phi) is 4.27. The van der Waals surface area contributed by atoms with Crippen molar-refractivity contribution >= 4 is 5.97 Å². The molecule has 4 N–H and O–H groups in total. The van der Waals surface area contributed by atoms with Gasteiger partial charge < -0.3 is 15.7 Å². The lowest BCUT2D eigenvalue weighted by molar-refractivity contribution is -0.138. The van der Waals surface area contributed by atoms with Crippen molar-refractivity contribution < 1.29 is 9.90 Å². The summed E-state index contributed by atoms with van der Waals surface area (Å²) in [6, 6.07) is -0.824. The summed E-state index contributed by atoms with van der Waals surface area (Å²) in [4.78, 5) is 12.7. The number of rotatable bonds is 4. The van der Waals surface area contributed by atoms with Gasteiger partial charge in [-0.3, -0.25) is 10.2 Å². The highest BCUT2D eigenvalue weighted by Crippen LogP contribution is 1.94. The van der Waals surface area contributed by atoms with Gasteiger partial charge in [-0.05, 0) is 7.05 Å². The van der Waals surface area contributed by atoms with Gasteiger partial charge in [0.1, 0.15) is 6.04 Å². The summed E-state index contributed by atoms with van der Waals surface area (Å²) in [5.41, 5.74) is 8.39. The van der Waals surface area contributed by atoms with Crippen LogP contribution in [-0.2, 0) is 4.79 Å². The fraction of sp³-hybridized carbons (Fsp3) is 0.875. The van der Waals surface area contributed by atoms with Crippen molar-refractivity contribution in [1.29, 1.82) is 0 Å². The van der Waals surface area contributed by atoms with Crippen LogP contribution in [0.4, 0.5) is 0 Å². The van der Waals surface area contributed by atoms with Gasteiger partial charge >= 0.3 is 5.97 Å². The first-order chi connectivity index (χ1) is 6.59. The Labute approximate surface area is 83.6 Å². The number of hydrazine groups is 1. The Hall–Kier alpha value is -0.690. The van der Waals surface area contributed by atoms with Crippen LogP contribution in [0.15, 0.2) is 0 Å². The van der Waals surface area contributed by atoms with Gasteiger partial charge in [0.2, 0.25) is 0 Å². The lowest BCUT2D eigenvalue weighted by Crippen LogP contribution is -2.54. The van der Waals surface area contributed by atoms with Gasteiger partial charge in [0, 0.05) is 32.7 Å². The van der Waals surface area contributed by atoms with E-state index in [1.807, 2.05) is 5.01 Å². The number of carbonyl (C=O) groups is 1. The van der Waals surface area contributed by atoms with E-state index in [4.69, 9.17) is 10.8 Å². The van der Waals surface area contributed by atoms with Crippen LogP contribution in [0.2, 0.25) is 0 Å². The Bertz CT molecular complexity index is 192. The lowest BCUT2D eigenvalue weighted by atomic mass is 10.3. The van der Waals surface area contributed by atoms with E-state index in [2.05, 4.69) is 17.4 Å². The van der Waals surface area contributed by atoms with Crippen LogP contribution in [-0.4, -0.2) is 66.8 Å². The van der Waals surface area contributed by atoms with Gasteiger partial charge in [0.25, 0.3) is 0 Å². The minimum Gasteiger partial charge on any atom is -0.480 e. The molecule has 0 aromatic carbocycles. The van der Waals surface area contributed by atoms with E-state index in [1.165, 1.54) is 0 Å². The average molecular weight is 202 g/mol. The third kappa shape index (κ3) is 3.59. The highest BCUT2D eigenvalue weighted by Gasteiger charge is 2.16. The molecule has 1 fully saturated rings. The van der Waals surface area contributed by atoms with Gasteiger partial charge in [-0.2, -0.15) is 0 Å². The standard InChI is InChI=1S/C8H18N4O2/c1-11-2-4-12(5-3-11)10-6-7(9)8(13)14/h7,10H,2-6,9H2,1H3,(H,13,14). The second kappa shape index (κ2) is 5.26. The third-order valence-corrected chi connectivity index (χ3v) is 2.36. The van der Waals surface area contributed by atoms with Crippen molar-refractivity contribution in [2.75, 3.05) is 39.8 Å². The molecule has 0 aromatic rings. The van der Waals surface area contributed by atoms with Crippen molar-refractivity contribution in [1.82, 2.24) is 15.3 Å². The highest BCUT2D eigenvalue weighted by atomic mass is 16.4. The molecule has 1 saturated heterocycles. The number of nitrogens with zero attached hydrogens (tertiary/aromatic N) is 2. The number of nitrogens with two attached hydrogens (primary N) is 1. The number of aliphatic carboxylic acids is 1. The van der Waals surface area contributed by atoms with E-state index in [0.717, 1.165) is 26.2 Å². The molecule has 1 unspecified atom stereocenters. The van der Waals surface area contributed by atoms with Crippen molar-refractivity contribution in [3.05, 3.63) is 0 Å². The van der Waals surface area contributed by atoms with Gasteiger partial charge in [0.05, 0.1) is 0 Å². The summed E-state index contributed by atoms with van der Waals surface area (Å²) in [6.07, 6.45) is 0. The molecule has 1 aliphatic rings. The van der Waals surface area contributed by atoms with Crippen LogP contribution < -0.4 is 11.2 Å². The lowest BCUT2D eigenvalue weighted by Gasteiger charge is -2.32. The first kappa shape index (κ1) is 11.4. The van der Waals surface area contributed by atoms with Crippen molar-refractivity contribution in [3.63, 3.8) is 0 Å². The van der Waals surface area contributed by atoms with E-state index in [0.29, 0.717) is 6.54 Å². The predicted octanol–water partition coefficient (Wildman–Crippen LogP) is -1.85. The minimum absolute atomic E-state index is 0.291. The Morgan fingerprint density at radius 2 is 2.07 bits per heavy atom. The van der Waals surface area contributed by atoms with Crippen molar-refractivity contribution in [2.24, 2.45) is 5.73 Å². The first-order valence-corrected chi connectivity index (χ1v) is 4.75. The maximum Gasteiger partial charge on any atom is 0.321 e. The van der Waals surface area contributed by atoms with E-state index >= 15 is 0 Å². The molecule has 0 bridgehead atoms. The number of carboxylic acids is 1. The molecule has 6 nitrogen and oxygen atoms in total. The Morgan fingerprint density at radius 1 is 1.50 bits per heavy atom. The van der Waals surface area contributed by atoms with Crippen LogP contribution in [0.1, 0.15) is 0 Å². The fourth-order valence-electron chi connectivity index (χ4n) is 1.28. The second-order valence-electron chi connectivity index (χ2n) is 3.60. The van der Waals surface area contributed by atoms with Crippen LogP contribution in [0, 0.1) is 0 Å². The second-order valence-corrected chi connectivity index (χ2v) is 3.60. The zero-order valence-corrected chi connectivity index (χ0v) is 8.44. The largest absolute Gasteiger partial charge is 0.480 e. The molecule has 6 heteroatoms. The van der Waals surface area contributed by atoms with Crippen LogP contribution >= 0.6 is 0 Å². The van der Waals surface area contributed by atoms with E-state index in [9.17, 15) is 4.79 Å². The topological polar surface area (TPSA) is 81.8 Å². The molecule has 0 aliphatic carbocycles. The van der Waals surface area contributed by atoms with Crippen LogP contribution in [0.5, 0.6) is 0 Å². The summed E-state index contributed by atoms with van der Waals surface area (Å²) >= 11 is 0. The van der Waals surface area contributed by atoms with E-state index in [-0.39, 0.29) is 0 Å². The number of carboxylic acid groups (broad SMARTS) is 1. The normalized spacial score (nSPS) is 22.1. The molecular formula is C8H18N4O2. The zero-order chi connectivity index (χ0) is 10.6. The molecule has 1 rings (SSSR count). The quantitative estimate of drug-likeness (QED) is 0.496.